The van der Waals surface area contributed by atoms with Crippen LogP contribution in [0.15, 0.2) is 30.5 Å². The van der Waals surface area contributed by atoms with E-state index in [4.69, 9.17) is 4.74 Å². The Hall–Kier alpha value is -1.32. The molecular weight excluding hydrogens is 212 g/mol. The molecule has 0 aliphatic carbocycles. The van der Waals surface area contributed by atoms with Crippen molar-refractivity contribution in [3.05, 3.63) is 36.0 Å². The second kappa shape index (κ2) is 5.34. The maximum atomic E-state index is 5.12. The van der Waals surface area contributed by atoms with Crippen LogP contribution >= 0.6 is 0 Å². The molecule has 1 unspecified atom stereocenters. The molecule has 0 amide bonds. The summed E-state index contributed by atoms with van der Waals surface area (Å²) in [6.45, 7) is 3.76. The van der Waals surface area contributed by atoms with E-state index < -0.39 is 0 Å². The third-order valence-corrected chi connectivity index (χ3v) is 3.04. The SMILES string of the molecule is COCC(C)NCc1cn(C)c2ccccc12. The van der Waals surface area contributed by atoms with E-state index in [1.165, 1.54) is 16.5 Å². The number of rotatable bonds is 5. The minimum atomic E-state index is 0.374. The van der Waals surface area contributed by atoms with Gasteiger partial charge in [-0.15, -0.1) is 0 Å². The van der Waals surface area contributed by atoms with Gasteiger partial charge in [-0.2, -0.15) is 0 Å². The zero-order valence-electron chi connectivity index (χ0n) is 10.7. The van der Waals surface area contributed by atoms with Crippen molar-refractivity contribution in [1.29, 1.82) is 0 Å². The number of para-hydroxylation sites is 1. The van der Waals surface area contributed by atoms with Crippen molar-refractivity contribution in [3.8, 4) is 0 Å². The van der Waals surface area contributed by atoms with Crippen LogP contribution in [0.1, 0.15) is 12.5 Å². The summed E-state index contributed by atoms with van der Waals surface area (Å²) in [4.78, 5) is 0. The Balaban J connectivity index is 2.13. The van der Waals surface area contributed by atoms with Crippen LogP contribution in [0.2, 0.25) is 0 Å². The Kier molecular flexibility index (Phi) is 3.82. The highest BCUT2D eigenvalue weighted by molar-refractivity contribution is 5.83. The van der Waals surface area contributed by atoms with Crippen LogP contribution in [-0.4, -0.2) is 24.3 Å². The van der Waals surface area contributed by atoms with Gasteiger partial charge in [-0.1, -0.05) is 18.2 Å². The fourth-order valence-electron chi connectivity index (χ4n) is 2.16. The number of aryl methyl sites for hydroxylation is 1. The lowest BCUT2D eigenvalue weighted by atomic mass is 10.1. The van der Waals surface area contributed by atoms with Gasteiger partial charge in [0.15, 0.2) is 0 Å². The van der Waals surface area contributed by atoms with Crippen molar-refractivity contribution in [1.82, 2.24) is 9.88 Å². The van der Waals surface area contributed by atoms with Gasteiger partial charge in [-0.25, -0.2) is 0 Å². The normalized spacial score (nSPS) is 13.1. The van der Waals surface area contributed by atoms with Crippen LogP contribution in [-0.2, 0) is 18.3 Å². The van der Waals surface area contributed by atoms with Crippen LogP contribution in [0.4, 0.5) is 0 Å². The van der Waals surface area contributed by atoms with E-state index in [9.17, 15) is 0 Å². The van der Waals surface area contributed by atoms with Crippen LogP contribution in [0.5, 0.6) is 0 Å². The molecule has 1 heterocycles. The molecule has 2 aromatic rings. The molecule has 17 heavy (non-hydrogen) atoms. The quantitative estimate of drug-likeness (QED) is 0.856. The molecule has 0 saturated heterocycles. The third-order valence-electron chi connectivity index (χ3n) is 3.04. The fraction of sp³-hybridized carbons (Fsp3) is 0.429. The summed E-state index contributed by atoms with van der Waals surface area (Å²) in [6.07, 6.45) is 2.19. The fourth-order valence-corrected chi connectivity index (χ4v) is 2.16. The zero-order chi connectivity index (χ0) is 12.3. The van der Waals surface area contributed by atoms with Crippen molar-refractivity contribution in [3.63, 3.8) is 0 Å². The van der Waals surface area contributed by atoms with E-state index >= 15 is 0 Å². The van der Waals surface area contributed by atoms with E-state index in [0.717, 1.165) is 13.2 Å². The highest BCUT2D eigenvalue weighted by Crippen LogP contribution is 2.19. The van der Waals surface area contributed by atoms with Crippen LogP contribution in [0.25, 0.3) is 10.9 Å². The molecule has 0 spiro atoms. The minimum absolute atomic E-state index is 0.374. The van der Waals surface area contributed by atoms with Gasteiger partial charge in [-0.3, -0.25) is 0 Å². The summed E-state index contributed by atoms with van der Waals surface area (Å²) in [6, 6.07) is 8.86. The number of hydrogen-bond donors (Lipinski definition) is 1. The van der Waals surface area contributed by atoms with Gasteiger partial charge in [0.25, 0.3) is 0 Å². The molecule has 92 valence electrons. The average molecular weight is 232 g/mol. The molecule has 0 fully saturated rings. The first kappa shape index (κ1) is 12.1. The van der Waals surface area contributed by atoms with Gasteiger partial charge in [0.1, 0.15) is 0 Å². The smallest absolute Gasteiger partial charge is 0.0613 e. The zero-order valence-corrected chi connectivity index (χ0v) is 10.7. The second-order valence-electron chi connectivity index (χ2n) is 4.52. The predicted octanol–water partition coefficient (Wildman–Crippen LogP) is 2.30. The van der Waals surface area contributed by atoms with E-state index in [-0.39, 0.29) is 0 Å². The van der Waals surface area contributed by atoms with Gasteiger partial charge in [-0.05, 0) is 18.6 Å². The first-order valence-electron chi connectivity index (χ1n) is 5.97. The van der Waals surface area contributed by atoms with Gasteiger partial charge in [0.2, 0.25) is 0 Å². The lowest BCUT2D eigenvalue weighted by Crippen LogP contribution is -2.29. The first-order chi connectivity index (χ1) is 8.22. The van der Waals surface area contributed by atoms with Gasteiger partial charge in [0, 0.05) is 43.8 Å². The topological polar surface area (TPSA) is 26.2 Å². The molecule has 0 saturated carbocycles. The minimum Gasteiger partial charge on any atom is -0.383 e. The third kappa shape index (κ3) is 2.68. The standard InChI is InChI=1S/C14H20N2O/c1-11(10-17-3)15-8-12-9-16(2)14-7-5-4-6-13(12)14/h4-7,9,11,15H,8,10H2,1-3H3. The molecule has 1 N–H and O–H groups in total. The molecule has 1 atom stereocenters. The number of ether oxygens (including phenoxy) is 1. The Morgan fingerprint density at radius 3 is 2.88 bits per heavy atom. The summed E-state index contributed by atoms with van der Waals surface area (Å²) in [5.41, 5.74) is 2.62. The molecule has 1 aromatic carbocycles. The molecule has 3 heteroatoms. The first-order valence-corrected chi connectivity index (χ1v) is 5.97. The van der Waals surface area contributed by atoms with Crippen LogP contribution in [0, 0.1) is 0 Å². The summed E-state index contributed by atoms with van der Waals surface area (Å²) in [7, 11) is 3.82. The molecule has 0 aliphatic heterocycles. The molecule has 3 nitrogen and oxygen atoms in total. The van der Waals surface area contributed by atoms with Crippen molar-refractivity contribution >= 4 is 10.9 Å². The molecular formula is C14H20N2O. The molecule has 1 aromatic heterocycles. The largest absolute Gasteiger partial charge is 0.383 e. The van der Waals surface area contributed by atoms with Crippen LogP contribution < -0.4 is 5.32 Å². The lowest BCUT2D eigenvalue weighted by molar-refractivity contribution is 0.172. The van der Waals surface area contributed by atoms with Gasteiger partial charge < -0.3 is 14.6 Å². The maximum Gasteiger partial charge on any atom is 0.0613 e. The molecule has 2 rings (SSSR count). The number of hydrogen-bond acceptors (Lipinski definition) is 2. The Labute approximate surface area is 102 Å². The number of nitrogens with zero attached hydrogens (tertiary/aromatic N) is 1. The molecule has 0 radical (unpaired) electrons. The number of nitrogens with one attached hydrogen (secondary N) is 1. The van der Waals surface area contributed by atoms with E-state index in [2.05, 4.69) is 54.3 Å². The Morgan fingerprint density at radius 1 is 1.35 bits per heavy atom. The van der Waals surface area contributed by atoms with Crippen molar-refractivity contribution in [2.75, 3.05) is 13.7 Å². The van der Waals surface area contributed by atoms with Crippen molar-refractivity contribution in [2.24, 2.45) is 7.05 Å². The number of methoxy groups -OCH3 is 1. The maximum absolute atomic E-state index is 5.12. The molecule has 0 aliphatic rings. The van der Waals surface area contributed by atoms with Crippen LogP contribution in [0.3, 0.4) is 0 Å². The lowest BCUT2D eigenvalue weighted by Gasteiger charge is -2.11. The highest BCUT2D eigenvalue weighted by atomic mass is 16.5. The average Bonchev–Trinajstić information content (AvgIpc) is 2.65. The summed E-state index contributed by atoms with van der Waals surface area (Å²) < 4.78 is 7.29. The van der Waals surface area contributed by atoms with E-state index in [1.54, 1.807) is 7.11 Å². The van der Waals surface area contributed by atoms with Gasteiger partial charge >= 0.3 is 0 Å². The Bertz CT molecular complexity index is 490. The van der Waals surface area contributed by atoms with Crippen molar-refractivity contribution in [2.45, 2.75) is 19.5 Å². The monoisotopic (exact) mass is 232 g/mol. The van der Waals surface area contributed by atoms with Crippen molar-refractivity contribution < 1.29 is 4.74 Å². The predicted molar refractivity (Wildman–Crippen MR) is 71.1 cm³/mol. The van der Waals surface area contributed by atoms with Gasteiger partial charge in [0.05, 0.1) is 6.61 Å². The van der Waals surface area contributed by atoms with E-state index in [0.29, 0.717) is 6.04 Å². The number of benzene rings is 1. The summed E-state index contributed by atoms with van der Waals surface area (Å²) in [5.74, 6) is 0. The highest BCUT2D eigenvalue weighted by Gasteiger charge is 2.07. The summed E-state index contributed by atoms with van der Waals surface area (Å²) in [5, 5.41) is 4.79. The summed E-state index contributed by atoms with van der Waals surface area (Å²) >= 11 is 0. The molecule has 0 bridgehead atoms. The second-order valence-corrected chi connectivity index (χ2v) is 4.52. The van der Waals surface area contributed by atoms with E-state index in [1.807, 2.05) is 0 Å². The number of fused-ring (bicyclic) bond motifs is 1. The Morgan fingerprint density at radius 2 is 2.12 bits per heavy atom. The number of aromatic nitrogens is 1.